The molecule has 0 radical (unpaired) electrons. The number of furan rings is 1. The van der Waals surface area contributed by atoms with Crippen molar-refractivity contribution in [2.45, 2.75) is 13.0 Å². The van der Waals surface area contributed by atoms with Gasteiger partial charge in [0.1, 0.15) is 11.5 Å². The third kappa shape index (κ3) is 6.61. The van der Waals surface area contributed by atoms with Gasteiger partial charge in [0.2, 0.25) is 17.3 Å². The lowest BCUT2D eigenvalue weighted by Gasteiger charge is -2.04. The lowest BCUT2D eigenvalue weighted by Crippen LogP contribution is -2.33. The number of nitrogens with two attached hydrogens (primary N) is 1. The highest BCUT2D eigenvalue weighted by Gasteiger charge is 2.10. The number of nitrogens with zero attached hydrogens (tertiary/aromatic N) is 4. The molecule has 0 aliphatic heterocycles. The van der Waals surface area contributed by atoms with Crippen molar-refractivity contribution in [2.24, 2.45) is 15.7 Å². The molecule has 5 N–H and O–H groups in total. The van der Waals surface area contributed by atoms with Gasteiger partial charge in [0.05, 0.1) is 6.54 Å². The highest BCUT2D eigenvalue weighted by Crippen LogP contribution is 2.28. The normalized spacial score (nSPS) is 11.9. The van der Waals surface area contributed by atoms with Crippen molar-refractivity contribution in [3.05, 3.63) is 23.3 Å². The van der Waals surface area contributed by atoms with Crippen LogP contribution in [0.1, 0.15) is 12.2 Å². The number of nitriles is 1. The first-order valence-electron chi connectivity index (χ1n) is 8.16. The van der Waals surface area contributed by atoms with Gasteiger partial charge in [-0.15, -0.1) is 16.3 Å². The molecule has 2 aromatic heterocycles. The molecular weight excluding hydrogens is 368 g/mol. The van der Waals surface area contributed by atoms with Crippen LogP contribution in [0.2, 0.25) is 0 Å². The molecule has 0 saturated heterocycles. The van der Waals surface area contributed by atoms with E-state index in [-0.39, 0.29) is 0 Å². The Kier molecular flexibility index (Phi) is 8.08. The Morgan fingerprint density at radius 1 is 1.44 bits per heavy atom. The summed E-state index contributed by atoms with van der Waals surface area (Å²) in [5.41, 5.74) is 6.52. The molecule has 0 unspecified atom stereocenters. The van der Waals surface area contributed by atoms with E-state index in [9.17, 15) is 0 Å². The number of rotatable bonds is 8. The van der Waals surface area contributed by atoms with Crippen LogP contribution in [-0.4, -0.2) is 44.2 Å². The molecule has 0 bridgehead atoms. The highest BCUT2D eigenvalue weighted by molar-refractivity contribution is 7.13. The molecule has 0 spiro atoms. The molecular formula is C16H22N8O2S. The van der Waals surface area contributed by atoms with E-state index in [0.29, 0.717) is 54.0 Å². The minimum atomic E-state index is 0.313. The van der Waals surface area contributed by atoms with Gasteiger partial charge in [-0.2, -0.15) is 10.3 Å². The number of aliphatic imine (C=N–C) groups is 2. The molecule has 144 valence electrons. The number of aromatic nitrogens is 1. The van der Waals surface area contributed by atoms with Gasteiger partial charge in [0.15, 0.2) is 11.7 Å². The smallest absolute Gasteiger partial charge is 0.212 e. The van der Waals surface area contributed by atoms with Gasteiger partial charge in [-0.25, -0.2) is 4.98 Å². The standard InChI is InChI=1S/C16H22N8O2S/c1-19-15(22-10-17)21-8-11-4-5-13(26-11)12-9-27-16(23-12)24-14(18)20-6-3-7-25-2/h4-5,9H,3,6-8H2,1-2H3,(H2,19,21,22)(H3,18,20,23,24). The van der Waals surface area contributed by atoms with Crippen LogP contribution >= 0.6 is 11.3 Å². The summed E-state index contributed by atoms with van der Waals surface area (Å²) in [4.78, 5) is 12.2. The lowest BCUT2D eigenvalue weighted by molar-refractivity contribution is 0.195. The number of hydrogen-bond donors (Lipinski definition) is 4. The molecule has 0 amide bonds. The zero-order valence-electron chi connectivity index (χ0n) is 15.2. The van der Waals surface area contributed by atoms with Crippen molar-refractivity contribution in [3.8, 4) is 17.6 Å². The third-order valence-electron chi connectivity index (χ3n) is 3.28. The number of ether oxygens (including phenoxy) is 1. The lowest BCUT2D eigenvalue weighted by atomic mass is 10.3. The van der Waals surface area contributed by atoms with Crippen LogP contribution < -0.4 is 21.7 Å². The number of guanidine groups is 2. The van der Waals surface area contributed by atoms with Gasteiger partial charge in [0.25, 0.3) is 0 Å². The summed E-state index contributed by atoms with van der Waals surface area (Å²) in [5, 5.41) is 19.7. The van der Waals surface area contributed by atoms with Crippen molar-refractivity contribution in [1.29, 1.82) is 5.26 Å². The van der Waals surface area contributed by atoms with Crippen LogP contribution in [0.5, 0.6) is 0 Å². The Bertz CT molecular complexity index is 820. The summed E-state index contributed by atoms with van der Waals surface area (Å²) >= 11 is 1.37. The minimum absolute atomic E-state index is 0.313. The van der Waals surface area contributed by atoms with Gasteiger partial charge < -0.3 is 30.8 Å². The Balaban J connectivity index is 1.93. The summed E-state index contributed by atoms with van der Waals surface area (Å²) in [5.74, 6) is 1.99. The van der Waals surface area contributed by atoms with E-state index in [1.54, 1.807) is 20.4 Å². The van der Waals surface area contributed by atoms with Crippen molar-refractivity contribution in [2.75, 3.05) is 27.3 Å². The van der Waals surface area contributed by atoms with Crippen molar-refractivity contribution in [3.63, 3.8) is 0 Å². The number of methoxy groups -OCH3 is 1. The number of thiazole rings is 1. The molecule has 0 aromatic carbocycles. The maximum absolute atomic E-state index is 8.58. The summed E-state index contributed by atoms with van der Waals surface area (Å²) in [7, 11) is 3.33. The van der Waals surface area contributed by atoms with E-state index in [4.69, 9.17) is 20.1 Å². The molecule has 0 aliphatic carbocycles. The van der Waals surface area contributed by atoms with Crippen LogP contribution in [0.25, 0.3) is 11.5 Å². The molecule has 2 rings (SSSR count). The largest absolute Gasteiger partial charge is 0.458 e. The number of nitrogens with one attached hydrogen (secondary N) is 3. The van der Waals surface area contributed by atoms with E-state index in [1.165, 1.54) is 11.3 Å². The van der Waals surface area contributed by atoms with E-state index in [1.807, 2.05) is 17.5 Å². The fourth-order valence-electron chi connectivity index (χ4n) is 2.02. The monoisotopic (exact) mass is 390 g/mol. The molecule has 0 saturated carbocycles. The maximum Gasteiger partial charge on any atom is 0.212 e. The summed E-state index contributed by atoms with van der Waals surface area (Å²) < 4.78 is 10.7. The first-order chi connectivity index (χ1) is 13.2. The van der Waals surface area contributed by atoms with Gasteiger partial charge in [-0.3, -0.25) is 0 Å². The third-order valence-corrected chi connectivity index (χ3v) is 4.02. The van der Waals surface area contributed by atoms with Crippen molar-refractivity contribution in [1.82, 2.24) is 20.9 Å². The zero-order valence-corrected chi connectivity index (χ0v) is 16.0. The second-order valence-corrected chi connectivity index (χ2v) is 6.05. The Labute approximate surface area is 161 Å². The average molecular weight is 390 g/mol. The Morgan fingerprint density at radius 3 is 3.04 bits per heavy atom. The van der Waals surface area contributed by atoms with Crippen LogP contribution in [-0.2, 0) is 11.3 Å². The van der Waals surface area contributed by atoms with E-state index in [2.05, 4.69) is 30.9 Å². The summed E-state index contributed by atoms with van der Waals surface area (Å²) in [6.07, 6.45) is 2.55. The maximum atomic E-state index is 8.58. The van der Waals surface area contributed by atoms with Crippen LogP contribution in [0.3, 0.4) is 0 Å². The summed E-state index contributed by atoms with van der Waals surface area (Å²) in [6.45, 7) is 1.73. The predicted molar refractivity (Wildman–Crippen MR) is 105 cm³/mol. The predicted octanol–water partition coefficient (Wildman–Crippen LogP) is 1.12. The van der Waals surface area contributed by atoms with Crippen molar-refractivity contribution < 1.29 is 9.15 Å². The minimum Gasteiger partial charge on any atom is -0.458 e. The topological polar surface area (TPSA) is 146 Å². The van der Waals surface area contributed by atoms with E-state index in [0.717, 1.165) is 6.42 Å². The van der Waals surface area contributed by atoms with Gasteiger partial charge in [0, 0.05) is 32.7 Å². The van der Waals surface area contributed by atoms with Crippen LogP contribution in [0, 0.1) is 11.5 Å². The van der Waals surface area contributed by atoms with Gasteiger partial charge in [-0.05, 0) is 18.6 Å². The Hall–Kier alpha value is -3.10. The molecule has 2 aromatic rings. The zero-order chi connectivity index (χ0) is 19.5. The molecule has 27 heavy (non-hydrogen) atoms. The van der Waals surface area contributed by atoms with E-state index >= 15 is 0 Å². The molecule has 0 aliphatic rings. The molecule has 0 atom stereocenters. The summed E-state index contributed by atoms with van der Waals surface area (Å²) in [6, 6.07) is 3.66. The first-order valence-corrected chi connectivity index (χ1v) is 9.04. The van der Waals surface area contributed by atoms with Gasteiger partial charge in [-0.1, -0.05) is 0 Å². The average Bonchev–Trinajstić information content (AvgIpc) is 3.31. The fraction of sp³-hybridized carbons (Fsp3) is 0.375. The van der Waals surface area contributed by atoms with Gasteiger partial charge >= 0.3 is 0 Å². The molecule has 11 heteroatoms. The van der Waals surface area contributed by atoms with Crippen LogP contribution in [0.15, 0.2) is 31.9 Å². The second-order valence-electron chi connectivity index (χ2n) is 5.22. The fourth-order valence-corrected chi connectivity index (χ4v) is 2.71. The molecule has 2 heterocycles. The number of hydrogen-bond acceptors (Lipinski definition) is 7. The SMILES string of the molecule is CN/C(=N/C#N)NCc1ccc(-c2csc(/N=C(\N)NCCCOC)n2)o1. The first kappa shape index (κ1) is 20.2. The second kappa shape index (κ2) is 10.8. The van der Waals surface area contributed by atoms with Crippen molar-refractivity contribution >= 4 is 28.4 Å². The Morgan fingerprint density at radius 2 is 2.30 bits per heavy atom. The van der Waals surface area contributed by atoms with E-state index < -0.39 is 0 Å². The van der Waals surface area contributed by atoms with Crippen LogP contribution in [0.4, 0.5) is 5.13 Å². The molecule has 0 fully saturated rings. The highest BCUT2D eigenvalue weighted by atomic mass is 32.1. The quantitative estimate of drug-likeness (QED) is 0.227. The molecule has 10 nitrogen and oxygen atoms in total.